The lowest BCUT2D eigenvalue weighted by molar-refractivity contribution is 0.306. The number of nitrogens with zero attached hydrogens (tertiary/aromatic N) is 3. The Hall–Kier alpha value is -1.20. The molecular weight excluding hydrogens is 228 g/mol. The maximum absolute atomic E-state index is 7.38. The molecule has 1 fully saturated rings. The van der Waals surface area contributed by atoms with Crippen molar-refractivity contribution in [3.63, 3.8) is 0 Å². The van der Waals surface area contributed by atoms with E-state index in [1.54, 1.807) is 0 Å². The summed E-state index contributed by atoms with van der Waals surface area (Å²) in [5.41, 5.74) is 20.9. The second-order valence-electron chi connectivity index (χ2n) is 6.33. The van der Waals surface area contributed by atoms with E-state index in [2.05, 4.69) is 15.3 Å². The summed E-state index contributed by atoms with van der Waals surface area (Å²) in [5.74, 6) is 0. The van der Waals surface area contributed by atoms with Crippen LogP contribution in [-0.4, -0.2) is 16.6 Å². The Morgan fingerprint density at radius 1 is 0.556 bits per heavy atom. The molecule has 0 aliphatic heterocycles. The third-order valence-electron chi connectivity index (χ3n) is 4.42. The quantitative estimate of drug-likeness (QED) is 0.605. The summed E-state index contributed by atoms with van der Waals surface area (Å²) < 4.78 is 0. The van der Waals surface area contributed by atoms with Gasteiger partial charge in [-0.15, -0.1) is 0 Å². The van der Waals surface area contributed by atoms with E-state index in [4.69, 9.17) is 16.6 Å². The van der Waals surface area contributed by atoms with E-state index < -0.39 is 16.6 Å². The molecule has 0 unspecified atom stereocenters. The number of rotatable bonds is 3. The van der Waals surface area contributed by atoms with E-state index in [1.807, 2.05) is 20.8 Å². The fourth-order valence-corrected chi connectivity index (χ4v) is 2.33. The first-order chi connectivity index (χ1) is 8.30. The van der Waals surface area contributed by atoms with Crippen LogP contribution >= 0.6 is 0 Å². The summed E-state index contributed by atoms with van der Waals surface area (Å²) in [4.78, 5) is 0. The van der Waals surface area contributed by atoms with Crippen molar-refractivity contribution in [1.29, 1.82) is 16.6 Å². The smallest absolute Gasteiger partial charge is 0.0787 e. The van der Waals surface area contributed by atoms with E-state index in [1.165, 1.54) is 0 Å². The predicted molar refractivity (Wildman–Crippen MR) is 68.4 cm³/mol. The molecule has 0 amide bonds. The predicted octanol–water partition coefficient (Wildman–Crippen LogP) is 4.71. The molecule has 0 atom stereocenters. The highest BCUT2D eigenvalue weighted by Crippen LogP contribution is 2.39. The molecule has 1 aliphatic carbocycles. The average molecular weight is 252 g/mol. The maximum atomic E-state index is 7.38. The Morgan fingerprint density at radius 2 is 0.722 bits per heavy atom. The van der Waals surface area contributed by atoms with Crippen LogP contribution in [0.2, 0.25) is 0 Å². The lowest BCUT2D eigenvalue weighted by Gasteiger charge is -2.27. The first-order valence-corrected chi connectivity index (χ1v) is 6.46. The van der Waals surface area contributed by atoms with Crippen LogP contribution in [0.25, 0.3) is 0 Å². The van der Waals surface area contributed by atoms with Crippen molar-refractivity contribution in [2.75, 3.05) is 0 Å². The van der Waals surface area contributed by atoms with Gasteiger partial charge in [0, 0.05) is 0 Å². The van der Waals surface area contributed by atoms with Crippen LogP contribution in [-0.2, 0) is 0 Å². The van der Waals surface area contributed by atoms with E-state index in [0.717, 1.165) is 38.5 Å². The largest absolute Gasteiger partial charge is 0.209 e. The molecule has 1 saturated carbocycles. The fraction of sp³-hybridized carbons (Fsp3) is 1.00. The van der Waals surface area contributed by atoms with Gasteiger partial charge in [-0.2, -0.15) is 15.3 Å². The van der Waals surface area contributed by atoms with Gasteiger partial charge in [0.1, 0.15) is 0 Å². The molecule has 0 spiro atoms. The standard InChI is InChI=1S/C12H24N6/c1-10(16-13)4-6-11(2,17-14)8-9-12(3,18-15)7-5-10/h13-15H,4-9H2,1-3H3. The molecular formula is C12H24N6. The highest BCUT2D eigenvalue weighted by molar-refractivity contribution is 4.96. The Kier molecular flexibility index (Phi) is 4.29. The van der Waals surface area contributed by atoms with Crippen molar-refractivity contribution >= 4 is 0 Å². The molecule has 0 heterocycles. The lowest BCUT2D eigenvalue weighted by Crippen LogP contribution is -2.27. The zero-order chi connectivity index (χ0) is 13.9. The van der Waals surface area contributed by atoms with Gasteiger partial charge in [0.15, 0.2) is 0 Å². The molecule has 6 heteroatoms. The molecule has 0 bridgehead atoms. The molecule has 0 aromatic rings. The first kappa shape index (κ1) is 14.9. The molecule has 18 heavy (non-hydrogen) atoms. The van der Waals surface area contributed by atoms with Crippen molar-refractivity contribution in [2.24, 2.45) is 15.3 Å². The molecule has 102 valence electrons. The van der Waals surface area contributed by atoms with E-state index in [9.17, 15) is 0 Å². The van der Waals surface area contributed by atoms with Crippen LogP contribution in [0.4, 0.5) is 0 Å². The van der Waals surface area contributed by atoms with E-state index in [-0.39, 0.29) is 0 Å². The third-order valence-corrected chi connectivity index (χ3v) is 4.42. The van der Waals surface area contributed by atoms with Crippen molar-refractivity contribution in [2.45, 2.75) is 75.9 Å². The van der Waals surface area contributed by atoms with Crippen LogP contribution in [0, 0.1) is 16.6 Å². The van der Waals surface area contributed by atoms with Crippen LogP contribution in [0.1, 0.15) is 59.3 Å². The molecule has 0 aromatic carbocycles. The molecule has 1 rings (SSSR count). The summed E-state index contributed by atoms with van der Waals surface area (Å²) >= 11 is 0. The van der Waals surface area contributed by atoms with Gasteiger partial charge in [-0.25, -0.2) is 16.6 Å². The minimum absolute atomic E-state index is 0.401. The number of nitrogens with one attached hydrogen (secondary N) is 3. The van der Waals surface area contributed by atoms with E-state index in [0.29, 0.717) is 0 Å². The second kappa shape index (κ2) is 5.20. The van der Waals surface area contributed by atoms with Crippen molar-refractivity contribution in [3.8, 4) is 0 Å². The highest BCUT2D eigenvalue weighted by atomic mass is 15.1. The van der Waals surface area contributed by atoms with Crippen LogP contribution in [0.5, 0.6) is 0 Å². The molecule has 0 saturated heterocycles. The Bertz CT molecular complexity index is 273. The maximum Gasteiger partial charge on any atom is 0.0787 e. The van der Waals surface area contributed by atoms with Gasteiger partial charge >= 0.3 is 0 Å². The highest BCUT2D eigenvalue weighted by Gasteiger charge is 2.37. The zero-order valence-electron chi connectivity index (χ0n) is 11.6. The molecule has 3 N–H and O–H groups in total. The summed E-state index contributed by atoms with van der Waals surface area (Å²) in [5, 5.41) is 11.3. The first-order valence-electron chi connectivity index (χ1n) is 6.46. The van der Waals surface area contributed by atoms with Gasteiger partial charge in [-0.3, -0.25) is 0 Å². The Morgan fingerprint density at radius 3 is 0.833 bits per heavy atom. The molecule has 0 aromatic heterocycles. The average Bonchev–Trinajstić information content (AvgIpc) is 2.44. The zero-order valence-corrected chi connectivity index (χ0v) is 11.6. The normalized spacial score (nSPS) is 42.2. The topological polar surface area (TPSA) is 109 Å². The summed E-state index contributed by atoms with van der Waals surface area (Å²) in [6.07, 6.45) is 4.60. The number of hydrogen-bond acceptors (Lipinski definition) is 6. The fourth-order valence-electron chi connectivity index (χ4n) is 2.33. The van der Waals surface area contributed by atoms with Gasteiger partial charge < -0.3 is 0 Å². The Labute approximate surface area is 108 Å². The van der Waals surface area contributed by atoms with Crippen LogP contribution in [0.15, 0.2) is 15.3 Å². The third kappa shape index (κ3) is 3.40. The van der Waals surface area contributed by atoms with Gasteiger partial charge in [0.25, 0.3) is 0 Å². The minimum Gasteiger partial charge on any atom is -0.209 e. The Balaban J connectivity index is 2.98. The summed E-state index contributed by atoms with van der Waals surface area (Å²) in [7, 11) is 0. The molecule has 6 nitrogen and oxygen atoms in total. The summed E-state index contributed by atoms with van der Waals surface area (Å²) in [6.45, 7) is 5.92. The van der Waals surface area contributed by atoms with Crippen molar-refractivity contribution in [3.05, 3.63) is 0 Å². The van der Waals surface area contributed by atoms with Crippen LogP contribution < -0.4 is 0 Å². The second-order valence-corrected chi connectivity index (χ2v) is 6.33. The van der Waals surface area contributed by atoms with Gasteiger partial charge in [0.05, 0.1) is 16.6 Å². The molecule has 1 aliphatic rings. The SMILES string of the molecule is CC1(N=N)CCC(C)(N=N)CCC(C)(N=N)CC1. The number of hydrogen-bond donors (Lipinski definition) is 3. The van der Waals surface area contributed by atoms with Crippen molar-refractivity contribution in [1.82, 2.24) is 0 Å². The summed E-state index contributed by atoms with van der Waals surface area (Å²) in [6, 6.07) is 0. The lowest BCUT2D eigenvalue weighted by atomic mass is 9.85. The monoisotopic (exact) mass is 252 g/mol. The van der Waals surface area contributed by atoms with Gasteiger partial charge in [0.2, 0.25) is 0 Å². The van der Waals surface area contributed by atoms with Gasteiger partial charge in [-0.1, -0.05) is 0 Å². The van der Waals surface area contributed by atoms with E-state index >= 15 is 0 Å². The van der Waals surface area contributed by atoms with Crippen LogP contribution in [0.3, 0.4) is 0 Å². The van der Waals surface area contributed by atoms with Gasteiger partial charge in [-0.05, 0) is 59.3 Å². The van der Waals surface area contributed by atoms with Crippen molar-refractivity contribution < 1.29 is 0 Å². The minimum atomic E-state index is -0.401. The molecule has 0 radical (unpaired) electrons.